The Labute approximate surface area is 77.9 Å². The first-order valence-electron chi connectivity index (χ1n) is 4.34. The Morgan fingerprint density at radius 1 is 1.62 bits per heavy atom. The van der Waals surface area contributed by atoms with Crippen molar-refractivity contribution in [1.82, 2.24) is 20.5 Å². The van der Waals surface area contributed by atoms with E-state index in [2.05, 4.69) is 27.4 Å². The monoisotopic (exact) mass is 184 g/mol. The van der Waals surface area contributed by atoms with Crippen molar-refractivity contribution >= 4 is 0 Å². The van der Waals surface area contributed by atoms with E-state index in [0.717, 1.165) is 5.82 Å². The van der Waals surface area contributed by atoms with Crippen LogP contribution in [0.2, 0.25) is 0 Å². The molecule has 0 fully saturated rings. The van der Waals surface area contributed by atoms with Crippen LogP contribution in [0.4, 0.5) is 0 Å². The van der Waals surface area contributed by atoms with Gasteiger partial charge in [0.1, 0.15) is 12.2 Å². The van der Waals surface area contributed by atoms with E-state index in [9.17, 15) is 0 Å². The van der Waals surface area contributed by atoms with E-state index in [-0.39, 0.29) is 6.04 Å². The summed E-state index contributed by atoms with van der Waals surface area (Å²) in [6.07, 6.45) is 1.51. The Morgan fingerprint density at radius 3 is 2.92 bits per heavy atom. The zero-order chi connectivity index (χ0) is 9.68. The van der Waals surface area contributed by atoms with Crippen LogP contribution >= 0.6 is 0 Å². The molecule has 5 nitrogen and oxygen atoms in total. The van der Waals surface area contributed by atoms with Crippen molar-refractivity contribution in [3.63, 3.8) is 0 Å². The van der Waals surface area contributed by atoms with Crippen molar-refractivity contribution in [2.75, 3.05) is 13.7 Å². The third kappa shape index (κ3) is 3.12. The van der Waals surface area contributed by atoms with Crippen LogP contribution in [0.15, 0.2) is 6.33 Å². The fourth-order valence-corrected chi connectivity index (χ4v) is 1.23. The standard InChI is InChI=1S/C8H16N4O/c1-6(4-13-3)11-7(2)8-9-5-10-12-8/h5-7,11H,4H2,1-3H3,(H,9,10,12). The Morgan fingerprint density at radius 2 is 2.38 bits per heavy atom. The molecule has 0 aliphatic rings. The smallest absolute Gasteiger partial charge is 0.141 e. The topological polar surface area (TPSA) is 62.8 Å². The molecule has 0 aromatic carbocycles. The molecule has 1 aromatic rings. The van der Waals surface area contributed by atoms with Crippen molar-refractivity contribution in [3.8, 4) is 0 Å². The zero-order valence-electron chi connectivity index (χ0n) is 8.24. The summed E-state index contributed by atoms with van der Waals surface area (Å²) in [5, 5.41) is 9.93. The molecule has 0 radical (unpaired) electrons. The van der Waals surface area contributed by atoms with E-state index >= 15 is 0 Å². The fraction of sp³-hybridized carbons (Fsp3) is 0.750. The van der Waals surface area contributed by atoms with Gasteiger partial charge in [0.15, 0.2) is 0 Å². The molecule has 0 amide bonds. The Balaban J connectivity index is 2.37. The molecular formula is C8H16N4O. The lowest BCUT2D eigenvalue weighted by Crippen LogP contribution is -2.32. The van der Waals surface area contributed by atoms with E-state index in [4.69, 9.17) is 4.74 Å². The maximum absolute atomic E-state index is 5.01. The summed E-state index contributed by atoms with van der Waals surface area (Å²) < 4.78 is 5.01. The summed E-state index contributed by atoms with van der Waals surface area (Å²) in [5.41, 5.74) is 0. The molecule has 1 aromatic heterocycles. The number of rotatable bonds is 5. The number of hydrogen-bond acceptors (Lipinski definition) is 4. The predicted molar refractivity (Wildman–Crippen MR) is 49.3 cm³/mol. The second-order valence-electron chi connectivity index (χ2n) is 3.12. The molecule has 1 rings (SSSR count). The van der Waals surface area contributed by atoms with Gasteiger partial charge in [-0.3, -0.25) is 5.10 Å². The highest BCUT2D eigenvalue weighted by atomic mass is 16.5. The van der Waals surface area contributed by atoms with Gasteiger partial charge in [-0.1, -0.05) is 0 Å². The summed E-state index contributed by atoms with van der Waals surface area (Å²) >= 11 is 0. The minimum Gasteiger partial charge on any atom is -0.383 e. The van der Waals surface area contributed by atoms with Crippen molar-refractivity contribution in [2.45, 2.75) is 25.9 Å². The SMILES string of the molecule is COCC(C)NC(C)c1ncn[nH]1. The highest BCUT2D eigenvalue weighted by Gasteiger charge is 2.10. The number of aromatic nitrogens is 3. The number of methoxy groups -OCH3 is 1. The summed E-state index contributed by atoms with van der Waals surface area (Å²) in [6.45, 7) is 4.79. The summed E-state index contributed by atoms with van der Waals surface area (Å²) in [4.78, 5) is 4.06. The van der Waals surface area contributed by atoms with E-state index in [1.165, 1.54) is 6.33 Å². The van der Waals surface area contributed by atoms with E-state index < -0.39 is 0 Å². The average Bonchev–Trinajstić information content (AvgIpc) is 2.55. The minimum atomic E-state index is 0.174. The van der Waals surface area contributed by atoms with Gasteiger partial charge in [0.25, 0.3) is 0 Å². The summed E-state index contributed by atoms with van der Waals surface area (Å²) in [5.74, 6) is 0.850. The van der Waals surface area contributed by atoms with E-state index in [1.54, 1.807) is 7.11 Å². The van der Waals surface area contributed by atoms with Crippen LogP contribution in [0.25, 0.3) is 0 Å². The van der Waals surface area contributed by atoms with E-state index in [0.29, 0.717) is 12.6 Å². The molecule has 2 N–H and O–H groups in total. The molecule has 0 aliphatic heterocycles. The lowest BCUT2D eigenvalue weighted by molar-refractivity contribution is 0.167. The number of H-pyrrole nitrogens is 1. The molecule has 5 heteroatoms. The molecule has 0 spiro atoms. The second kappa shape index (κ2) is 4.94. The third-order valence-corrected chi connectivity index (χ3v) is 1.79. The van der Waals surface area contributed by atoms with Gasteiger partial charge in [-0.2, -0.15) is 5.10 Å². The number of nitrogens with one attached hydrogen (secondary N) is 2. The molecule has 1 heterocycles. The molecule has 2 unspecified atom stereocenters. The van der Waals surface area contributed by atoms with Crippen LogP contribution in [0.1, 0.15) is 25.7 Å². The fourth-order valence-electron chi connectivity index (χ4n) is 1.23. The summed E-state index contributed by atoms with van der Waals surface area (Å²) in [7, 11) is 1.69. The molecular weight excluding hydrogens is 168 g/mol. The molecule has 0 aliphatic carbocycles. The number of hydrogen-bond donors (Lipinski definition) is 2. The predicted octanol–water partition coefficient (Wildman–Crippen LogP) is 0.490. The van der Waals surface area contributed by atoms with Crippen LogP contribution in [0, 0.1) is 0 Å². The average molecular weight is 184 g/mol. The van der Waals surface area contributed by atoms with Crippen molar-refractivity contribution in [2.24, 2.45) is 0 Å². The first-order valence-corrected chi connectivity index (χ1v) is 4.34. The van der Waals surface area contributed by atoms with Gasteiger partial charge in [-0.15, -0.1) is 0 Å². The van der Waals surface area contributed by atoms with Gasteiger partial charge in [-0.05, 0) is 13.8 Å². The number of aromatic amines is 1. The van der Waals surface area contributed by atoms with Crippen LogP contribution in [-0.4, -0.2) is 34.9 Å². The Bertz CT molecular complexity index is 224. The lowest BCUT2D eigenvalue weighted by atomic mass is 10.2. The van der Waals surface area contributed by atoms with Crippen molar-refractivity contribution < 1.29 is 4.74 Å². The molecule has 13 heavy (non-hydrogen) atoms. The summed E-state index contributed by atoms with van der Waals surface area (Å²) in [6, 6.07) is 0.484. The normalized spacial score (nSPS) is 15.6. The van der Waals surface area contributed by atoms with Crippen LogP contribution in [0.5, 0.6) is 0 Å². The molecule has 74 valence electrons. The number of nitrogens with zero attached hydrogens (tertiary/aromatic N) is 2. The van der Waals surface area contributed by atoms with Gasteiger partial charge in [0, 0.05) is 13.2 Å². The van der Waals surface area contributed by atoms with Crippen LogP contribution in [-0.2, 0) is 4.74 Å². The van der Waals surface area contributed by atoms with Gasteiger partial charge in [0.2, 0.25) is 0 Å². The Kier molecular flexibility index (Phi) is 3.85. The van der Waals surface area contributed by atoms with Gasteiger partial charge in [0.05, 0.1) is 12.6 Å². The minimum absolute atomic E-state index is 0.174. The second-order valence-corrected chi connectivity index (χ2v) is 3.12. The van der Waals surface area contributed by atoms with Gasteiger partial charge in [-0.25, -0.2) is 4.98 Å². The first kappa shape index (κ1) is 10.1. The van der Waals surface area contributed by atoms with E-state index in [1.807, 2.05) is 6.92 Å². The maximum atomic E-state index is 5.01. The Hall–Kier alpha value is -0.940. The molecule has 0 saturated heterocycles. The highest BCUT2D eigenvalue weighted by molar-refractivity contribution is 4.89. The molecule has 0 bridgehead atoms. The van der Waals surface area contributed by atoms with Crippen molar-refractivity contribution in [1.29, 1.82) is 0 Å². The quantitative estimate of drug-likeness (QED) is 0.699. The molecule has 0 saturated carbocycles. The zero-order valence-corrected chi connectivity index (χ0v) is 8.24. The number of ether oxygens (including phenoxy) is 1. The first-order chi connectivity index (χ1) is 6.24. The van der Waals surface area contributed by atoms with Gasteiger partial charge >= 0.3 is 0 Å². The van der Waals surface area contributed by atoms with Gasteiger partial charge < -0.3 is 10.1 Å². The lowest BCUT2D eigenvalue weighted by Gasteiger charge is -2.17. The molecule has 2 atom stereocenters. The third-order valence-electron chi connectivity index (χ3n) is 1.79. The van der Waals surface area contributed by atoms with Crippen LogP contribution < -0.4 is 5.32 Å². The largest absolute Gasteiger partial charge is 0.383 e. The van der Waals surface area contributed by atoms with Crippen LogP contribution in [0.3, 0.4) is 0 Å². The highest BCUT2D eigenvalue weighted by Crippen LogP contribution is 2.04. The maximum Gasteiger partial charge on any atom is 0.141 e. The van der Waals surface area contributed by atoms with Crippen molar-refractivity contribution in [3.05, 3.63) is 12.2 Å².